The van der Waals surface area contributed by atoms with E-state index in [-0.39, 0.29) is 18.0 Å². The van der Waals surface area contributed by atoms with Gasteiger partial charge in [0.25, 0.3) is 0 Å². The third-order valence-electron chi connectivity index (χ3n) is 3.26. The highest BCUT2D eigenvalue weighted by atomic mass is 16.4. The maximum Gasteiger partial charge on any atom is 0.338 e. The second-order valence-electron chi connectivity index (χ2n) is 4.48. The van der Waals surface area contributed by atoms with Gasteiger partial charge in [-0.2, -0.15) is 0 Å². The van der Waals surface area contributed by atoms with Crippen LogP contribution in [0.3, 0.4) is 0 Å². The Morgan fingerprint density at radius 2 is 2.05 bits per heavy atom. The Bertz CT molecular complexity index is 458. The summed E-state index contributed by atoms with van der Waals surface area (Å²) < 4.78 is 0. The highest BCUT2D eigenvalue weighted by Crippen LogP contribution is 2.22. The number of anilines is 2. The second-order valence-corrected chi connectivity index (χ2v) is 4.48. The lowest BCUT2D eigenvalue weighted by molar-refractivity contribution is 0.0697. The first kappa shape index (κ1) is 13.6. The van der Waals surface area contributed by atoms with Crippen LogP contribution >= 0.6 is 0 Å². The number of carboxylic acid groups (broad SMARTS) is 1. The average molecular weight is 266 g/mol. The third-order valence-corrected chi connectivity index (χ3v) is 3.26. The van der Waals surface area contributed by atoms with E-state index in [2.05, 4.69) is 9.88 Å². The first-order chi connectivity index (χ1) is 9.11. The van der Waals surface area contributed by atoms with Crippen molar-refractivity contribution in [1.29, 1.82) is 0 Å². The quantitative estimate of drug-likeness (QED) is 0.673. The molecule has 0 aliphatic carbocycles. The van der Waals surface area contributed by atoms with Crippen molar-refractivity contribution in [2.45, 2.75) is 0 Å². The Morgan fingerprint density at radius 3 is 2.63 bits per heavy atom. The molecule has 1 aliphatic heterocycles. The van der Waals surface area contributed by atoms with E-state index in [1.807, 2.05) is 4.90 Å². The smallest absolute Gasteiger partial charge is 0.338 e. The zero-order valence-corrected chi connectivity index (χ0v) is 10.6. The molecule has 2 heterocycles. The molecule has 1 aromatic rings. The molecular formula is C12H18N4O3. The van der Waals surface area contributed by atoms with Gasteiger partial charge in [-0.1, -0.05) is 0 Å². The van der Waals surface area contributed by atoms with Crippen molar-refractivity contribution < 1.29 is 15.0 Å². The maximum absolute atomic E-state index is 11.2. The molecule has 0 bridgehead atoms. The number of carboxylic acids is 1. The van der Waals surface area contributed by atoms with Crippen LogP contribution in [0.25, 0.3) is 0 Å². The van der Waals surface area contributed by atoms with Crippen LogP contribution in [0.2, 0.25) is 0 Å². The number of nitrogens with two attached hydrogens (primary N) is 1. The van der Waals surface area contributed by atoms with E-state index >= 15 is 0 Å². The molecular weight excluding hydrogens is 248 g/mol. The number of carbonyl (C=O) groups is 1. The number of hydrogen-bond donors (Lipinski definition) is 3. The number of nitrogens with zero attached hydrogens (tertiary/aromatic N) is 3. The molecule has 7 nitrogen and oxygen atoms in total. The van der Waals surface area contributed by atoms with E-state index in [9.17, 15) is 9.90 Å². The Morgan fingerprint density at radius 1 is 1.37 bits per heavy atom. The SMILES string of the molecule is Nc1cc(C(=O)O)c(N2CCN(CCO)CC2)cn1. The fraction of sp³-hybridized carbons (Fsp3) is 0.500. The molecule has 104 valence electrons. The first-order valence-electron chi connectivity index (χ1n) is 6.19. The van der Waals surface area contributed by atoms with Crippen LogP contribution in [0, 0.1) is 0 Å². The van der Waals surface area contributed by atoms with E-state index in [4.69, 9.17) is 10.8 Å². The van der Waals surface area contributed by atoms with Gasteiger partial charge in [0.05, 0.1) is 24.1 Å². The minimum atomic E-state index is -0.998. The minimum Gasteiger partial charge on any atom is -0.478 e. The highest BCUT2D eigenvalue weighted by Gasteiger charge is 2.21. The zero-order chi connectivity index (χ0) is 13.8. The molecule has 0 amide bonds. The van der Waals surface area contributed by atoms with Gasteiger partial charge >= 0.3 is 5.97 Å². The Labute approximate surface area is 111 Å². The van der Waals surface area contributed by atoms with Crippen molar-refractivity contribution in [3.8, 4) is 0 Å². The summed E-state index contributed by atoms with van der Waals surface area (Å²) in [6, 6.07) is 1.39. The number of piperazine rings is 1. The molecule has 19 heavy (non-hydrogen) atoms. The molecule has 7 heteroatoms. The van der Waals surface area contributed by atoms with E-state index in [0.717, 1.165) is 13.1 Å². The van der Waals surface area contributed by atoms with Gasteiger partial charge < -0.3 is 20.8 Å². The molecule has 1 fully saturated rings. The van der Waals surface area contributed by atoms with E-state index in [1.54, 1.807) is 0 Å². The number of aromatic carboxylic acids is 1. The van der Waals surface area contributed by atoms with E-state index in [0.29, 0.717) is 25.3 Å². The van der Waals surface area contributed by atoms with Crippen molar-refractivity contribution >= 4 is 17.5 Å². The normalized spacial score (nSPS) is 16.6. The summed E-state index contributed by atoms with van der Waals surface area (Å²) in [7, 11) is 0. The number of hydrogen-bond acceptors (Lipinski definition) is 6. The predicted octanol–water partition coefficient (Wildman–Crippen LogP) is -0.524. The number of rotatable bonds is 4. The molecule has 0 atom stereocenters. The largest absolute Gasteiger partial charge is 0.478 e. The van der Waals surface area contributed by atoms with Crippen LogP contribution in [-0.2, 0) is 0 Å². The fourth-order valence-corrected chi connectivity index (χ4v) is 2.24. The van der Waals surface area contributed by atoms with Crippen molar-refractivity contribution in [2.24, 2.45) is 0 Å². The van der Waals surface area contributed by atoms with Crippen molar-refractivity contribution in [3.05, 3.63) is 17.8 Å². The van der Waals surface area contributed by atoms with Gasteiger partial charge in [-0.05, 0) is 6.07 Å². The number of β-amino-alcohol motifs (C(OH)–C–C–N with tert-alkyl or cyclic N) is 1. The highest BCUT2D eigenvalue weighted by molar-refractivity contribution is 5.95. The molecule has 1 saturated heterocycles. The first-order valence-corrected chi connectivity index (χ1v) is 6.19. The lowest BCUT2D eigenvalue weighted by atomic mass is 10.2. The Hall–Kier alpha value is -1.86. The van der Waals surface area contributed by atoms with Crippen LogP contribution in [0.1, 0.15) is 10.4 Å². The van der Waals surface area contributed by atoms with Crippen molar-refractivity contribution in [2.75, 3.05) is 50.0 Å². The van der Waals surface area contributed by atoms with Gasteiger partial charge in [0.2, 0.25) is 0 Å². The van der Waals surface area contributed by atoms with Gasteiger partial charge in [0.15, 0.2) is 0 Å². The van der Waals surface area contributed by atoms with Gasteiger partial charge in [-0.3, -0.25) is 4.90 Å². The molecule has 0 saturated carbocycles. The van der Waals surface area contributed by atoms with E-state index in [1.165, 1.54) is 12.3 Å². The summed E-state index contributed by atoms with van der Waals surface area (Å²) in [5.74, 6) is -0.790. The van der Waals surface area contributed by atoms with Gasteiger partial charge in [0.1, 0.15) is 5.82 Å². The lowest BCUT2D eigenvalue weighted by Gasteiger charge is -2.36. The Balaban J connectivity index is 2.13. The van der Waals surface area contributed by atoms with Gasteiger partial charge in [0, 0.05) is 32.7 Å². The van der Waals surface area contributed by atoms with Crippen LogP contribution in [0.15, 0.2) is 12.3 Å². The predicted molar refractivity (Wildman–Crippen MR) is 71.3 cm³/mol. The summed E-state index contributed by atoms with van der Waals surface area (Å²) in [5, 5.41) is 18.1. The van der Waals surface area contributed by atoms with Crippen molar-refractivity contribution in [3.63, 3.8) is 0 Å². The number of pyridine rings is 1. The van der Waals surface area contributed by atoms with Crippen LogP contribution < -0.4 is 10.6 Å². The fourth-order valence-electron chi connectivity index (χ4n) is 2.24. The molecule has 0 spiro atoms. The average Bonchev–Trinajstić information content (AvgIpc) is 2.40. The number of aliphatic hydroxyl groups is 1. The molecule has 0 radical (unpaired) electrons. The summed E-state index contributed by atoms with van der Waals surface area (Å²) in [5.41, 5.74) is 6.31. The Kier molecular flexibility index (Phi) is 4.18. The van der Waals surface area contributed by atoms with Crippen LogP contribution in [0.4, 0.5) is 11.5 Å². The molecule has 1 aromatic heterocycles. The van der Waals surface area contributed by atoms with Crippen LogP contribution in [0.5, 0.6) is 0 Å². The molecule has 1 aliphatic rings. The van der Waals surface area contributed by atoms with Crippen LogP contribution in [-0.4, -0.2) is 65.4 Å². The molecule has 4 N–H and O–H groups in total. The summed E-state index contributed by atoms with van der Waals surface area (Å²) >= 11 is 0. The topological polar surface area (TPSA) is 103 Å². The number of aliphatic hydroxyl groups excluding tert-OH is 1. The minimum absolute atomic E-state index is 0.143. The lowest BCUT2D eigenvalue weighted by Crippen LogP contribution is -2.47. The zero-order valence-electron chi connectivity index (χ0n) is 10.6. The monoisotopic (exact) mass is 266 g/mol. The maximum atomic E-state index is 11.2. The standard InChI is InChI=1S/C12H18N4O3/c13-11-7-9(12(18)19)10(8-14-11)16-3-1-15(2-4-16)5-6-17/h7-8,17H,1-6H2,(H2,13,14)(H,18,19). The molecule has 0 aromatic carbocycles. The van der Waals surface area contributed by atoms with E-state index < -0.39 is 5.97 Å². The number of nitrogen functional groups attached to an aromatic ring is 1. The third kappa shape index (κ3) is 3.12. The van der Waals surface area contributed by atoms with Crippen molar-refractivity contribution in [1.82, 2.24) is 9.88 Å². The number of aromatic nitrogens is 1. The van der Waals surface area contributed by atoms with Gasteiger partial charge in [-0.25, -0.2) is 9.78 Å². The molecule has 0 unspecified atom stereocenters. The van der Waals surface area contributed by atoms with Gasteiger partial charge in [-0.15, -0.1) is 0 Å². The summed E-state index contributed by atoms with van der Waals surface area (Å²) in [6.45, 7) is 3.81. The summed E-state index contributed by atoms with van der Waals surface area (Å²) in [6.07, 6.45) is 1.51. The molecule has 2 rings (SSSR count). The second kappa shape index (κ2) is 5.85. The summed E-state index contributed by atoms with van der Waals surface area (Å²) in [4.78, 5) is 19.3.